The van der Waals surface area contributed by atoms with Crippen LogP contribution in [-0.2, 0) is 10.8 Å². The van der Waals surface area contributed by atoms with Gasteiger partial charge in [0.2, 0.25) is 0 Å². The van der Waals surface area contributed by atoms with E-state index in [1.807, 2.05) is 0 Å². The molecule has 3 aromatic rings. The molecule has 33 heavy (non-hydrogen) atoms. The molecule has 3 aliphatic rings. The highest BCUT2D eigenvalue weighted by molar-refractivity contribution is 7.16. The number of rotatable bonds is 2. The lowest BCUT2D eigenvalue weighted by Crippen LogP contribution is -2.41. The van der Waals surface area contributed by atoms with Crippen molar-refractivity contribution in [2.45, 2.75) is 89.9 Å². The van der Waals surface area contributed by atoms with Crippen molar-refractivity contribution in [3.05, 3.63) is 71.6 Å². The molecule has 1 atom stereocenters. The third-order valence-corrected chi connectivity index (χ3v) is 15.8. The second-order valence-electron chi connectivity index (χ2n) is 12.8. The van der Waals surface area contributed by atoms with E-state index in [-0.39, 0.29) is 10.8 Å². The third-order valence-electron chi connectivity index (χ3n) is 8.79. The maximum Gasteiger partial charge on any atom is 0.0747 e. The SMILES string of the molecule is CC1=Cc2cc3c(cc2C1[Si](C)(C)C1c2sc(C)cc2-c2cc(C)sc21)C(C)(C)CC3(C)C. The summed E-state index contributed by atoms with van der Waals surface area (Å²) >= 11 is 4.12. The molecule has 0 spiro atoms. The molecule has 0 saturated heterocycles. The van der Waals surface area contributed by atoms with Gasteiger partial charge in [-0.25, -0.2) is 0 Å². The van der Waals surface area contributed by atoms with Crippen molar-refractivity contribution in [1.29, 1.82) is 0 Å². The molecule has 0 nitrogen and oxygen atoms in total. The molecule has 0 aliphatic heterocycles. The van der Waals surface area contributed by atoms with Crippen molar-refractivity contribution in [1.82, 2.24) is 0 Å². The molecule has 1 aromatic carbocycles. The van der Waals surface area contributed by atoms with Gasteiger partial charge in [-0.3, -0.25) is 0 Å². The van der Waals surface area contributed by atoms with Gasteiger partial charge in [-0.2, -0.15) is 0 Å². The fourth-order valence-corrected chi connectivity index (χ4v) is 16.5. The van der Waals surface area contributed by atoms with Crippen LogP contribution in [0.3, 0.4) is 0 Å². The van der Waals surface area contributed by atoms with Crippen LogP contribution in [-0.4, -0.2) is 8.07 Å². The van der Waals surface area contributed by atoms with Crippen molar-refractivity contribution in [3.63, 3.8) is 0 Å². The minimum absolute atomic E-state index is 0.254. The molecule has 2 aromatic heterocycles. The van der Waals surface area contributed by atoms with Gasteiger partial charge in [0, 0.05) is 30.6 Å². The highest BCUT2D eigenvalue weighted by Crippen LogP contribution is 2.60. The first-order chi connectivity index (χ1) is 15.3. The molecular weight excluding hydrogens is 453 g/mol. The number of benzene rings is 1. The molecular formula is C30H36S2Si. The van der Waals surface area contributed by atoms with Crippen molar-refractivity contribution < 1.29 is 0 Å². The Morgan fingerprint density at radius 3 is 1.82 bits per heavy atom. The number of fused-ring (bicyclic) bond motifs is 5. The van der Waals surface area contributed by atoms with Crippen LogP contribution < -0.4 is 0 Å². The summed E-state index contributed by atoms with van der Waals surface area (Å²) in [7, 11) is -1.79. The minimum Gasteiger partial charge on any atom is -0.145 e. The topological polar surface area (TPSA) is 0 Å². The van der Waals surface area contributed by atoms with Crippen molar-refractivity contribution >= 4 is 36.8 Å². The number of allylic oxidation sites excluding steroid dienone is 1. The zero-order valence-electron chi connectivity index (χ0n) is 21.6. The summed E-state index contributed by atoms with van der Waals surface area (Å²) in [6.45, 7) is 22.1. The molecule has 0 radical (unpaired) electrons. The van der Waals surface area contributed by atoms with Crippen LogP contribution in [0.2, 0.25) is 13.1 Å². The second-order valence-corrected chi connectivity index (χ2v) is 20.2. The summed E-state index contributed by atoms with van der Waals surface area (Å²) in [6.07, 6.45) is 3.78. The Morgan fingerprint density at radius 2 is 1.27 bits per heavy atom. The van der Waals surface area contributed by atoms with E-state index in [4.69, 9.17) is 0 Å². The van der Waals surface area contributed by atoms with Gasteiger partial charge in [0.1, 0.15) is 0 Å². The van der Waals surface area contributed by atoms with Crippen molar-refractivity contribution in [3.8, 4) is 11.1 Å². The van der Waals surface area contributed by atoms with Crippen LogP contribution in [0.5, 0.6) is 0 Å². The van der Waals surface area contributed by atoms with Crippen LogP contribution in [0.25, 0.3) is 17.2 Å². The monoisotopic (exact) mass is 488 g/mol. The van der Waals surface area contributed by atoms with E-state index in [0.717, 1.165) is 0 Å². The van der Waals surface area contributed by atoms with E-state index in [1.165, 1.54) is 21.7 Å². The van der Waals surface area contributed by atoms with Gasteiger partial charge in [-0.05, 0) is 83.5 Å². The molecule has 3 aliphatic carbocycles. The Hall–Kier alpha value is -1.42. The molecule has 0 N–H and O–H groups in total. The van der Waals surface area contributed by atoms with E-state index in [9.17, 15) is 0 Å². The Balaban J connectivity index is 1.53. The Morgan fingerprint density at radius 1 is 0.758 bits per heavy atom. The normalized spacial score (nSPS) is 22.2. The zero-order valence-corrected chi connectivity index (χ0v) is 24.2. The van der Waals surface area contributed by atoms with Crippen LogP contribution in [0.1, 0.15) is 93.9 Å². The standard InChI is InChI=1S/C30H36S2Si/c1-16-10-19-13-23-24(30(6,7)15-29(23,4)5)14-20(19)27(16)33(8,9)28-25-21(11-17(2)31-25)22-12-18(3)32-26(22)28/h10-14,27-28H,15H2,1-9H3. The first kappa shape index (κ1) is 22.1. The quantitative estimate of drug-likeness (QED) is 0.315. The molecule has 0 amide bonds. The van der Waals surface area contributed by atoms with E-state index >= 15 is 0 Å². The van der Waals surface area contributed by atoms with E-state index in [1.54, 1.807) is 43.1 Å². The lowest BCUT2D eigenvalue weighted by molar-refractivity contribution is 0.403. The summed E-state index contributed by atoms with van der Waals surface area (Å²) in [5, 5.41) is 0. The van der Waals surface area contributed by atoms with Gasteiger partial charge in [0.25, 0.3) is 0 Å². The molecule has 0 saturated carbocycles. The van der Waals surface area contributed by atoms with Gasteiger partial charge in [-0.1, -0.05) is 64.6 Å². The van der Waals surface area contributed by atoms with E-state index < -0.39 is 8.07 Å². The first-order valence-corrected chi connectivity index (χ1v) is 17.2. The summed E-state index contributed by atoms with van der Waals surface area (Å²) in [4.78, 5) is 6.25. The summed E-state index contributed by atoms with van der Waals surface area (Å²) in [5.74, 6) is 0. The first-order valence-electron chi connectivity index (χ1n) is 12.4. The maximum atomic E-state index is 2.68. The largest absolute Gasteiger partial charge is 0.145 e. The number of hydrogen-bond acceptors (Lipinski definition) is 2. The number of thiophene rings is 2. The van der Waals surface area contributed by atoms with Crippen LogP contribution >= 0.6 is 22.7 Å². The molecule has 0 bridgehead atoms. The Kier molecular flexibility index (Phi) is 4.43. The third kappa shape index (κ3) is 2.91. The summed E-state index contributed by atoms with van der Waals surface area (Å²) in [5.41, 5.74) is 12.7. The summed E-state index contributed by atoms with van der Waals surface area (Å²) < 4.78 is 0. The van der Waals surface area contributed by atoms with Crippen LogP contribution in [0.15, 0.2) is 29.8 Å². The van der Waals surface area contributed by atoms with Crippen molar-refractivity contribution in [2.24, 2.45) is 0 Å². The van der Waals surface area contributed by atoms with Crippen LogP contribution in [0.4, 0.5) is 0 Å². The van der Waals surface area contributed by atoms with E-state index in [0.29, 0.717) is 11.1 Å². The fraction of sp³-hybridized carbons (Fsp3) is 0.467. The lowest BCUT2D eigenvalue weighted by atomic mass is 9.82. The predicted molar refractivity (Wildman–Crippen MR) is 150 cm³/mol. The molecule has 1 unspecified atom stereocenters. The Bertz CT molecular complexity index is 1310. The lowest BCUT2D eigenvalue weighted by Gasteiger charge is -2.38. The minimum atomic E-state index is -1.79. The number of aryl methyl sites for hydroxylation is 2. The van der Waals surface area contributed by atoms with Gasteiger partial charge in [0.05, 0.1) is 8.07 Å². The molecule has 172 valence electrons. The van der Waals surface area contributed by atoms with E-state index in [2.05, 4.69) is 115 Å². The van der Waals surface area contributed by atoms with Gasteiger partial charge in [-0.15, -0.1) is 22.7 Å². The molecule has 2 heterocycles. The average molecular weight is 489 g/mol. The predicted octanol–water partition coefficient (Wildman–Crippen LogP) is 9.49. The maximum absolute atomic E-state index is 2.68. The Labute approximate surface area is 208 Å². The molecule has 6 rings (SSSR count). The van der Waals surface area contributed by atoms with Gasteiger partial charge >= 0.3 is 0 Å². The van der Waals surface area contributed by atoms with Crippen LogP contribution in [0, 0.1) is 13.8 Å². The van der Waals surface area contributed by atoms with Gasteiger partial charge in [0.15, 0.2) is 0 Å². The molecule has 3 heteroatoms. The highest BCUT2D eigenvalue weighted by atomic mass is 32.1. The fourth-order valence-electron chi connectivity index (χ4n) is 7.86. The zero-order chi connectivity index (χ0) is 23.7. The van der Waals surface area contributed by atoms with Gasteiger partial charge < -0.3 is 0 Å². The molecule has 0 fully saturated rings. The second kappa shape index (κ2) is 6.62. The summed E-state index contributed by atoms with van der Waals surface area (Å²) in [6, 6.07) is 10.1. The van der Waals surface area contributed by atoms with Crippen molar-refractivity contribution in [2.75, 3.05) is 0 Å². The smallest absolute Gasteiger partial charge is 0.0747 e. The average Bonchev–Trinajstić information content (AvgIpc) is 3.40. The highest BCUT2D eigenvalue weighted by Gasteiger charge is 2.51. The number of hydrogen-bond donors (Lipinski definition) is 0.